The van der Waals surface area contributed by atoms with Crippen LogP contribution in [0.3, 0.4) is 0 Å². The van der Waals surface area contributed by atoms with Gasteiger partial charge in [0.15, 0.2) is 11.6 Å². The zero-order chi connectivity index (χ0) is 47.4. The summed E-state index contributed by atoms with van der Waals surface area (Å²) >= 11 is 0. The lowest BCUT2D eigenvalue weighted by Crippen LogP contribution is -2.55. The number of hydrogen-bond donors (Lipinski definition) is 0. The number of fused-ring (bicyclic) bond motifs is 16. The Labute approximate surface area is 404 Å². The van der Waals surface area contributed by atoms with Crippen LogP contribution in [0.1, 0.15) is 178 Å². The van der Waals surface area contributed by atoms with Crippen molar-refractivity contribution in [1.82, 2.24) is 8.80 Å². The van der Waals surface area contributed by atoms with Gasteiger partial charge in [-0.3, -0.25) is 9.59 Å². The van der Waals surface area contributed by atoms with Gasteiger partial charge in [0.2, 0.25) is 0 Å². The zero-order valence-electron chi connectivity index (χ0n) is 42.9. The molecule has 4 nitrogen and oxygen atoms in total. The van der Waals surface area contributed by atoms with E-state index in [2.05, 4.69) is 153 Å². The van der Waals surface area contributed by atoms with Crippen LogP contribution in [0.15, 0.2) is 60.7 Å². The highest BCUT2D eigenvalue weighted by Crippen LogP contribution is 2.52. The first-order chi connectivity index (χ1) is 32.5. The molecule has 6 aliphatic carbocycles. The number of Topliss-reactive ketones (excluding diaryl/α,β-unsaturated/α-hetero) is 2. The van der Waals surface area contributed by atoms with Gasteiger partial charge < -0.3 is 8.80 Å². The van der Waals surface area contributed by atoms with Crippen molar-refractivity contribution < 1.29 is 9.59 Å². The average molecular weight is 933 g/mol. The number of ketones is 2. The molecule has 350 valence electrons. The monoisotopic (exact) mass is 933 g/mol. The first-order valence-corrected chi connectivity index (χ1v) is 31.6. The SMILES string of the molecule is CC(C)[Si](c1cc2c3cc4c(cc3n3c5cc6c7cc([Si](C(C)C)(C(C)C)C(C)C)cc8c9cc%10c(cc9n(c6cc5c(c1)c23)c87)C(=O)C1CCC%10CC1)C(=O)C1CCC4CC1)(C(C)C)C(C)C. The summed E-state index contributed by atoms with van der Waals surface area (Å²) in [7, 11) is -4.21. The van der Waals surface area contributed by atoms with Gasteiger partial charge in [0.1, 0.15) is 0 Å². The minimum Gasteiger partial charge on any atom is -0.308 e. The molecule has 0 radical (unpaired) electrons. The second kappa shape index (κ2) is 14.5. The first-order valence-electron chi connectivity index (χ1n) is 27.1. The number of carbonyl (C=O) groups is 2. The minimum absolute atomic E-state index is 0.151. The van der Waals surface area contributed by atoms with Crippen LogP contribution in [-0.2, 0) is 0 Å². The summed E-state index contributed by atoms with van der Waals surface area (Å²) in [6.07, 6.45) is 8.58. The lowest BCUT2D eigenvalue weighted by atomic mass is 9.82. The molecule has 0 N–H and O–H groups in total. The Bertz CT molecular complexity index is 3340. The van der Waals surface area contributed by atoms with Crippen LogP contribution >= 0.6 is 0 Å². The molecule has 4 heterocycles. The van der Waals surface area contributed by atoms with Crippen LogP contribution < -0.4 is 10.4 Å². The van der Waals surface area contributed by atoms with E-state index in [4.69, 9.17) is 0 Å². The van der Waals surface area contributed by atoms with Crippen molar-refractivity contribution in [3.63, 3.8) is 0 Å². The molecule has 2 saturated carbocycles. The number of rotatable bonds is 8. The predicted molar refractivity (Wildman–Crippen MR) is 295 cm³/mol. The van der Waals surface area contributed by atoms with Crippen LogP contribution in [0, 0.1) is 11.8 Å². The van der Waals surface area contributed by atoms with E-state index >= 15 is 0 Å². The number of hydrogen-bond acceptors (Lipinski definition) is 2. The molecule has 0 saturated heterocycles. The highest BCUT2D eigenvalue weighted by molar-refractivity contribution is 6.96. The third-order valence-electron chi connectivity index (χ3n) is 20.6. The summed E-state index contributed by atoms with van der Waals surface area (Å²) in [5.41, 5.74) is 15.5. The molecule has 6 aliphatic rings. The van der Waals surface area contributed by atoms with E-state index in [0.29, 0.717) is 56.6 Å². The van der Waals surface area contributed by atoms with Crippen LogP contribution in [0.4, 0.5) is 0 Å². The minimum atomic E-state index is -2.11. The zero-order valence-corrected chi connectivity index (χ0v) is 44.9. The van der Waals surface area contributed by atoms with Gasteiger partial charge in [-0.1, -0.05) is 118 Å². The largest absolute Gasteiger partial charge is 0.308 e. The quantitative estimate of drug-likeness (QED) is 0.143. The Morgan fingerprint density at radius 1 is 0.353 bits per heavy atom. The summed E-state index contributed by atoms with van der Waals surface area (Å²) in [6.45, 7) is 30.0. The van der Waals surface area contributed by atoms with Crippen molar-refractivity contribution in [2.75, 3.05) is 0 Å². The molecule has 0 aliphatic heterocycles. The summed E-state index contributed by atoms with van der Waals surface area (Å²) in [4.78, 5) is 29.0. The van der Waals surface area contributed by atoms with E-state index in [9.17, 15) is 9.59 Å². The van der Waals surface area contributed by atoms with Gasteiger partial charge in [0.05, 0.1) is 49.2 Å². The second-order valence-electron chi connectivity index (χ2n) is 24.9. The summed E-state index contributed by atoms with van der Waals surface area (Å²) in [6, 6.07) is 25.5. The Kier molecular flexibility index (Phi) is 9.29. The van der Waals surface area contributed by atoms with Crippen molar-refractivity contribution in [2.24, 2.45) is 11.8 Å². The Morgan fingerprint density at radius 2 is 0.618 bits per heavy atom. The van der Waals surface area contributed by atoms with E-state index in [-0.39, 0.29) is 11.8 Å². The lowest BCUT2D eigenvalue weighted by Gasteiger charge is -2.44. The Balaban J connectivity index is 1.22. The van der Waals surface area contributed by atoms with Crippen molar-refractivity contribution in [3.8, 4) is 0 Å². The highest BCUT2D eigenvalue weighted by atomic mass is 28.3. The van der Waals surface area contributed by atoms with Crippen LogP contribution in [0.25, 0.3) is 76.2 Å². The van der Waals surface area contributed by atoms with E-state index < -0.39 is 16.1 Å². The molecule has 0 spiro atoms. The van der Waals surface area contributed by atoms with Gasteiger partial charge in [-0.05, 0) is 144 Å². The molecule has 0 atom stereocenters. The first kappa shape index (κ1) is 43.5. The van der Waals surface area contributed by atoms with Crippen molar-refractivity contribution >= 4 is 114 Å². The summed E-state index contributed by atoms with van der Waals surface area (Å²) in [5.74, 6) is 1.98. The maximum absolute atomic E-state index is 14.5. The Hall–Kier alpha value is -4.53. The van der Waals surface area contributed by atoms with E-state index in [0.717, 1.165) is 62.5 Å². The molecule has 9 aromatic rings. The van der Waals surface area contributed by atoms with Gasteiger partial charge >= 0.3 is 0 Å². The fraction of sp³-hybridized carbons (Fsp3) is 0.484. The molecular formula is C62H72N2O2Si2. The molecular weight excluding hydrogens is 861 g/mol. The normalized spacial score (nSPS) is 21.6. The third-order valence-corrected chi connectivity index (χ3v) is 34.6. The average Bonchev–Trinajstić information content (AvgIpc) is 3.91. The summed E-state index contributed by atoms with van der Waals surface area (Å²) in [5, 5.41) is 13.8. The van der Waals surface area contributed by atoms with E-state index in [1.807, 2.05) is 0 Å². The van der Waals surface area contributed by atoms with Crippen molar-refractivity contribution in [3.05, 3.63) is 82.9 Å². The van der Waals surface area contributed by atoms with E-state index in [1.165, 1.54) is 87.3 Å². The number of carbonyl (C=O) groups excluding carboxylic acids is 2. The van der Waals surface area contributed by atoms with Gasteiger partial charge in [0, 0.05) is 66.1 Å². The number of nitrogens with zero attached hydrogens (tertiary/aromatic N) is 2. The fourth-order valence-electron chi connectivity index (χ4n) is 18.1. The number of aromatic nitrogens is 2. The molecule has 4 aromatic heterocycles. The molecule has 15 rings (SSSR count). The van der Waals surface area contributed by atoms with Gasteiger partial charge in [-0.25, -0.2) is 0 Å². The van der Waals surface area contributed by atoms with Crippen LogP contribution in [0.2, 0.25) is 33.2 Å². The Morgan fingerprint density at radius 3 is 0.912 bits per heavy atom. The molecule has 4 bridgehead atoms. The van der Waals surface area contributed by atoms with Gasteiger partial charge in [0.25, 0.3) is 0 Å². The van der Waals surface area contributed by atoms with Gasteiger partial charge in [-0.15, -0.1) is 0 Å². The molecule has 0 amide bonds. The lowest BCUT2D eigenvalue weighted by molar-refractivity contribution is 0.0891. The fourth-order valence-corrected chi connectivity index (χ4v) is 31.7. The molecule has 2 fully saturated rings. The smallest absolute Gasteiger partial charge is 0.166 e. The predicted octanol–water partition coefficient (Wildman–Crippen LogP) is 16.7. The van der Waals surface area contributed by atoms with Gasteiger partial charge in [-0.2, -0.15) is 0 Å². The highest BCUT2D eigenvalue weighted by Gasteiger charge is 2.47. The van der Waals surface area contributed by atoms with Crippen LogP contribution in [0.5, 0.6) is 0 Å². The molecule has 0 unspecified atom stereocenters. The third kappa shape index (κ3) is 5.22. The summed E-state index contributed by atoms with van der Waals surface area (Å²) < 4.78 is 5.19. The topological polar surface area (TPSA) is 43.0 Å². The molecule has 68 heavy (non-hydrogen) atoms. The standard InChI is InChI=1S/C62H72N2O2Si2/c1-31(2)67(32(3)4,33(5)6)41-21-49-45-25-43-37-13-17-39(18-14-37)61(65)53(43)29-57(45)63-55-28-48-52-24-42(68(34(7)8,35(9)10)36(11)12)22-50-46-26-44-38-15-19-40(20-16-38)62(66)54(44)30-58(46)64(60(50)52)56(48)27-47(55)51(23-41)59(49)63/h21-40H,13-20H2,1-12H3. The molecule has 6 heteroatoms. The van der Waals surface area contributed by atoms with Crippen molar-refractivity contribution in [1.29, 1.82) is 0 Å². The second-order valence-corrected chi connectivity index (χ2v) is 36.7. The van der Waals surface area contributed by atoms with Crippen molar-refractivity contribution in [2.45, 2.75) is 180 Å². The maximum Gasteiger partial charge on any atom is 0.166 e. The maximum atomic E-state index is 14.5. The van der Waals surface area contributed by atoms with Crippen LogP contribution in [-0.4, -0.2) is 36.5 Å². The van der Waals surface area contributed by atoms with E-state index in [1.54, 1.807) is 10.4 Å². The molecule has 5 aromatic carbocycles. The number of benzene rings is 5.